The number of carbonyl (C=O) groups excluding carboxylic acids is 2. The van der Waals surface area contributed by atoms with Crippen LogP contribution < -0.4 is 10.6 Å². The number of benzene rings is 2. The Bertz CT molecular complexity index is 3030. The maximum Gasteiger partial charge on any atom is 0.460 e. The number of halogens is 50. The van der Waals surface area contributed by atoms with E-state index in [2.05, 4.69) is 9.47 Å². The largest absolute Gasteiger partial charge is 0.460 e. The summed E-state index contributed by atoms with van der Waals surface area (Å²) in [5.41, 5.74) is -1.32. The number of ether oxygens (including phenoxy) is 2. The summed E-state index contributed by atoms with van der Waals surface area (Å²) in [4.78, 5) is 24.4. The molecule has 0 radical (unpaired) electrons. The quantitative estimate of drug-likeness (QED) is 0.0764. The van der Waals surface area contributed by atoms with Gasteiger partial charge in [0.15, 0.2) is 0 Å². The van der Waals surface area contributed by atoms with Crippen LogP contribution in [0.15, 0.2) is 48.5 Å². The van der Waals surface area contributed by atoms with E-state index in [4.69, 9.17) is 0 Å². The van der Waals surface area contributed by atoms with E-state index < -0.39 is 198 Å². The number of hydrogen-bond acceptors (Lipinski definition) is 4. The van der Waals surface area contributed by atoms with Crippen molar-refractivity contribution in [3.63, 3.8) is 0 Å². The van der Waals surface area contributed by atoms with Gasteiger partial charge in [0, 0.05) is 11.4 Å². The number of hydrogen-bond donors (Lipinski definition) is 2. The fraction of sp³-hybridized carbons (Fsp3) is 0.689. The smallest absolute Gasteiger partial charge is 0.446 e. The molecule has 588 valence electrons. The second-order valence-corrected chi connectivity index (χ2v) is 20.6. The number of carbonyl (C=O) groups is 2. The van der Waals surface area contributed by atoms with Gasteiger partial charge in [-0.2, -0.15) is 220 Å². The lowest BCUT2D eigenvalue weighted by Gasteiger charge is -2.45. The fourth-order valence-electron chi connectivity index (χ4n) is 7.34. The molecule has 2 aromatic rings. The molecule has 0 saturated carbocycles. The van der Waals surface area contributed by atoms with Crippen LogP contribution in [0.25, 0.3) is 0 Å². The highest BCUT2D eigenvalue weighted by atomic mass is 19.5. The zero-order chi connectivity index (χ0) is 81.2. The van der Waals surface area contributed by atoms with Crippen molar-refractivity contribution in [3.8, 4) is 0 Å². The Morgan fingerprint density at radius 3 is 0.564 bits per heavy atom. The maximum atomic E-state index is 14.6. The van der Waals surface area contributed by atoms with Crippen molar-refractivity contribution in [1.29, 1.82) is 0 Å². The molecule has 0 aliphatic heterocycles. The van der Waals surface area contributed by atoms with Crippen LogP contribution in [0.2, 0.25) is 0 Å². The van der Waals surface area contributed by atoms with E-state index in [1.165, 1.54) is 10.6 Å². The molecule has 101 heavy (non-hydrogen) atoms. The van der Waals surface area contributed by atoms with Gasteiger partial charge in [-0.05, 0) is 55.7 Å². The summed E-state index contributed by atoms with van der Waals surface area (Å²) >= 11 is 0. The molecule has 2 aromatic carbocycles. The number of nitrogens with one attached hydrogen (secondary N) is 2. The average molecular weight is 1610 g/mol. The zero-order valence-corrected chi connectivity index (χ0v) is 46.4. The third-order valence-corrected chi connectivity index (χ3v) is 13.2. The van der Waals surface area contributed by atoms with Gasteiger partial charge in [0.2, 0.25) is 0 Å². The second kappa shape index (κ2) is 25.7. The van der Waals surface area contributed by atoms with Gasteiger partial charge in [0.05, 0.1) is 12.8 Å². The third kappa shape index (κ3) is 13.4. The molecule has 0 aliphatic carbocycles. The van der Waals surface area contributed by atoms with Crippen LogP contribution in [0.3, 0.4) is 0 Å². The predicted molar refractivity (Wildman–Crippen MR) is 225 cm³/mol. The fourth-order valence-corrected chi connectivity index (χ4v) is 7.34. The number of anilines is 2. The Kier molecular flexibility index (Phi) is 23.0. The van der Waals surface area contributed by atoms with E-state index >= 15 is 0 Å². The third-order valence-electron chi connectivity index (χ3n) is 13.2. The highest BCUT2D eigenvalue weighted by Crippen LogP contribution is 2.71. The number of alkyl halides is 50. The standard InChI is InChI=1S/C45H24F50N2O4/c1-14(12-22(46,47)24(50,51)26(54,55)28(58,59)30(62,63)32(66,67)34(70,71)36(74,75)38(78,79)40(82,83)42(86,87)44(90,91)92)100-20(98)96-18-7-3-16(4-8-18)11-17-5-9-19(10-6-17)97-21(99)101-15(2)13-23(48,49)25(52,53)27(56,57)29(60,61)31(64,65)33(68,69)35(72,73)37(76,77)39(80,81)41(84,85)43(88,89)45(93,94)95/h3-10,14-15H,11-13H2,1-2H3,(H,96,98)(H,97,99). The summed E-state index contributed by atoms with van der Waals surface area (Å²) in [7, 11) is 0. The van der Waals surface area contributed by atoms with Crippen LogP contribution in [-0.4, -0.2) is 167 Å². The van der Waals surface area contributed by atoms with Gasteiger partial charge < -0.3 is 9.47 Å². The Hall–Kier alpha value is -6.52. The summed E-state index contributed by atoms with van der Waals surface area (Å²) in [6, 6.07) is 6.49. The highest BCUT2D eigenvalue weighted by molar-refractivity contribution is 5.85. The Labute approximate surface area is 520 Å². The van der Waals surface area contributed by atoms with Gasteiger partial charge in [-0.1, -0.05) is 24.3 Å². The van der Waals surface area contributed by atoms with Crippen molar-refractivity contribution >= 4 is 23.6 Å². The number of amides is 2. The van der Waals surface area contributed by atoms with Crippen molar-refractivity contribution in [2.75, 3.05) is 10.6 Å². The lowest BCUT2D eigenvalue weighted by molar-refractivity contribution is -0.482. The molecule has 0 fully saturated rings. The lowest BCUT2D eigenvalue weighted by Crippen LogP contribution is -2.78. The molecule has 6 nitrogen and oxygen atoms in total. The van der Waals surface area contributed by atoms with E-state index in [0.717, 1.165) is 48.5 Å². The first kappa shape index (κ1) is 90.6. The second-order valence-electron chi connectivity index (χ2n) is 20.6. The molecule has 2 N–H and O–H groups in total. The summed E-state index contributed by atoms with van der Waals surface area (Å²) in [6.07, 6.45) is -34.9. The predicted octanol–water partition coefficient (Wildman–Crippen LogP) is 21.0. The Morgan fingerprint density at radius 2 is 0.406 bits per heavy atom. The van der Waals surface area contributed by atoms with E-state index in [0.29, 0.717) is 0 Å². The van der Waals surface area contributed by atoms with Crippen molar-refractivity contribution in [3.05, 3.63) is 59.7 Å². The van der Waals surface area contributed by atoms with Gasteiger partial charge in [-0.25, -0.2) is 9.59 Å². The summed E-state index contributed by atoms with van der Waals surface area (Å²) in [6.45, 7) is -0.272. The lowest BCUT2D eigenvalue weighted by atomic mass is 9.84. The monoisotopic (exact) mass is 1610 g/mol. The van der Waals surface area contributed by atoms with Crippen LogP contribution in [0, 0.1) is 0 Å². The normalized spacial score (nSPS) is 16.4. The molecular formula is C45H24F50N2O4. The van der Waals surface area contributed by atoms with Crippen LogP contribution in [0.4, 0.5) is 240 Å². The molecule has 0 saturated heterocycles. The average Bonchev–Trinajstić information content (AvgIpc) is 0.688. The van der Waals surface area contributed by atoms with E-state index in [1.54, 1.807) is 0 Å². The van der Waals surface area contributed by atoms with Gasteiger partial charge in [-0.15, -0.1) is 0 Å². The van der Waals surface area contributed by atoms with Gasteiger partial charge in [-0.3, -0.25) is 10.6 Å². The first-order chi connectivity index (χ1) is 43.7. The van der Waals surface area contributed by atoms with Crippen molar-refractivity contribution in [2.45, 2.75) is 188 Å². The molecule has 0 aliphatic rings. The minimum atomic E-state index is -9.83. The first-order valence-corrected chi connectivity index (χ1v) is 24.3. The molecule has 2 rings (SSSR count). The van der Waals surface area contributed by atoms with Gasteiger partial charge >= 0.3 is 155 Å². The Balaban J connectivity index is 2.24. The molecule has 0 aromatic heterocycles. The minimum absolute atomic E-state index is 0.000296. The van der Waals surface area contributed by atoms with E-state index in [1.807, 2.05) is 0 Å². The summed E-state index contributed by atoms with van der Waals surface area (Å²) in [5.74, 6) is -203. The molecule has 0 spiro atoms. The Morgan fingerprint density at radius 1 is 0.257 bits per heavy atom. The van der Waals surface area contributed by atoms with Crippen LogP contribution in [0.1, 0.15) is 37.8 Å². The first-order valence-electron chi connectivity index (χ1n) is 24.3. The minimum Gasteiger partial charge on any atom is -0.446 e. The molecular weight excluding hydrogens is 1580 g/mol. The molecule has 2 unspecified atom stereocenters. The van der Waals surface area contributed by atoms with Crippen LogP contribution in [-0.2, 0) is 15.9 Å². The van der Waals surface area contributed by atoms with Gasteiger partial charge in [0.25, 0.3) is 0 Å². The molecule has 0 bridgehead atoms. The SMILES string of the molecule is CC(CC(F)(F)C(F)(F)C(F)(F)C(F)(F)C(F)(F)C(F)(F)C(F)(F)C(F)(F)C(F)(F)C(F)(F)C(F)(F)C(F)(F)F)OC(=O)Nc1ccc(Cc2ccc(NC(=O)OC(C)CC(F)(F)C(F)(F)C(F)(F)C(F)(F)C(F)(F)C(F)(F)C(F)(F)C(F)(F)C(F)(F)C(F)(F)C(F)(F)C(F)(F)F)cc2)cc1. The highest BCUT2D eigenvalue weighted by Gasteiger charge is 3.02. The van der Waals surface area contributed by atoms with Crippen molar-refractivity contribution < 1.29 is 239 Å². The van der Waals surface area contributed by atoms with E-state index in [-0.39, 0.29) is 25.0 Å². The zero-order valence-electron chi connectivity index (χ0n) is 46.4. The maximum absolute atomic E-state index is 14.6. The van der Waals surface area contributed by atoms with Crippen molar-refractivity contribution in [1.82, 2.24) is 0 Å². The molecule has 2 amide bonds. The van der Waals surface area contributed by atoms with Crippen LogP contribution >= 0.6 is 0 Å². The topological polar surface area (TPSA) is 76.7 Å². The number of rotatable bonds is 30. The van der Waals surface area contributed by atoms with Crippen LogP contribution in [0.5, 0.6) is 0 Å². The summed E-state index contributed by atoms with van der Waals surface area (Å²) in [5, 5.41) is 3.01. The van der Waals surface area contributed by atoms with E-state index in [9.17, 15) is 229 Å². The van der Waals surface area contributed by atoms with Crippen molar-refractivity contribution in [2.24, 2.45) is 0 Å². The molecule has 2 atom stereocenters. The van der Waals surface area contributed by atoms with Gasteiger partial charge in [0.1, 0.15) is 12.2 Å². The molecule has 56 heteroatoms. The summed E-state index contributed by atoms with van der Waals surface area (Å²) < 4.78 is 699. The molecule has 0 heterocycles.